The number of carbonyl (C=O) groups excluding carboxylic acids is 1. The van der Waals surface area contributed by atoms with Crippen LogP contribution in [0.3, 0.4) is 0 Å². The average Bonchev–Trinajstić information content (AvgIpc) is 2.90. The highest BCUT2D eigenvalue weighted by molar-refractivity contribution is 8.00. The number of nitrogens with zero attached hydrogens (tertiary/aromatic N) is 2. The van der Waals surface area contributed by atoms with E-state index in [9.17, 15) is 4.79 Å². The summed E-state index contributed by atoms with van der Waals surface area (Å²) in [6, 6.07) is 8.37. The third kappa shape index (κ3) is 5.59. The van der Waals surface area contributed by atoms with Gasteiger partial charge in [0.2, 0.25) is 11.9 Å². The van der Waals surface area contributed by atoms with Crippen LogP contribution in [-0.4, -0.2) is 33.4 Å². The molecule has 1 aromatic carbocycles. The van der Waals surface area contributed by atoms with E-state index in [0.717, 1.165) is 4.90 Å². The highest BCUT2D eigenvalue weighted by atomic mass is 32.2. The molecule has 6 nitrogen and oxygen atoms in total. The Balaban J connectivity index is 1.71. The lowest BCUT2D eigenvalue weighted by molar-refractivity contribution is -0.118. The first-order valence-corrected chi connectivity index (χ1v) is 8.50. The molecule has 0 atom stereocenters. The van der Waals surface area contributed by atoms with E-state index in [4.69, 9.17) is 5.73 Å². The van der Waals surface area contributed by atoms with Gasteiger partial charge in [0.05, 0.1) is 5.75 Å². The molecule has 0 saturated carbocycles. The molecular weight excluding hydrogens is 310 g/mol. The number of benzene rings is 1. The number of hydrogen-bond donors (Lipinski definition) is 3. The molecule has 0 saturated heterocycles. The van der Waals surface area contributed by atoms with Gasteiger partial charge in [0.1, 0.15) is 5.82 Å². The summed E-state index contributed by atoms with van der Waals surface area (Å²) in [4.78, 5) is 16.9. The molecule has 124 valence electrons. The molecule has 0 aliphatic rings. The van der Waals surface area contributed by atoms with Crippen LogP contribution in [-0.2, 0) is 16.6 Å². The fourth-order valence-corrected chi connectivity index (χ4v) is 2.72. The highest BCUT2D eigenvalue weighted by Gasteiger charge is 2.13. The summed E-state index contributed by atoms with van der Waals surface area (Å²) in [6.07, 6.45) is 0.584. The van der Waals surface area contributed by atoms with Gasteiger partial charge in [0, 0.05) is 17.9 Å². The van der Waals surface area contributed by atoms with Gasteiger partial charge in [-0.05, 0) is 23.1 Å². The summed E-state index contributed by atoms with van der Waals surface area (Å²) in [5.74, 6) is 1.30. The first kappa shape index (κ1) is 17.3. The van der Waals surface area contributed by atoms with Crippen LogP contribution < -0.4 is 11.1 Å². The molecule has 0 unspecified atom stereocenters. The number of nitrogen functional groups attached to an aromatic ring is 1. The van der Waals surface area contributed by atoms with Gasteiger partial charge in [-0.15, -0.1) is 16.9 Å². The number of aromatic amines is 1. The second-order valence-electron chi connectivity index (χ2n) is 6.30. The molecule has 7 heteroatoms. The van der Waals surface area contributed by atoms with Gasteiger partial charge >= 0.3 is 0 Å². The molecule has 0 bridgehead atoms. The van der Waals surface area contributed by atoms with Gasteiger partial charge in [-0.1, -0.05) is 32.9 Å². The first-order valence-electron chi connectivity index (χ1n) is 7.51. The summed E-state index contributed by atoms with van der Waals surface area (Å²) in [5, 5.41) is 9.31. The normalized spacial score (nSPS) is 11.4. The second kappa shape index (κ2) is 7.50. The molecule has 0 aliphatic carbocycles. The lowest BCUT2D eigenvalue weighted by Crippen LogP contribution is -2.27. The van der Waals surface area contributed by atoms with E-state index < -0.39 is 0 Å². The lowest BCUT2D eigenvalue weighted by atomic mass is 9.87. The summed E-state index contributed by atoms with van der Waals surface area (Å²) in [7, 11) is 0. The highest BCUT2D eigenvalue weighted by Crippen LogP contribution is 2.25. The number of hydrogen-bond acceptors (Lipinski definition) is 5. The predicted molar refractivity (Wildman–Crippen MR) is 93.4 cm³/mol. The number of amides is 1. The third-order valence-electron chi connectivity index (χ3n) is 3.32. The molecule has 4 N–H and O–H groups in total. The molecular formula is C16H23N5OS. The molecule has 0 fully saturated rings. The Labute approximate surface area is 140 Å². The number of H-pyrrole nitrogens is 1. The summed E-state index contributed by atoms with van der Waals surface area (Å²) >= 11 is 1.53. The van der Waals surface area contributed by atoms with Crippen LogP contribution >= 0.6 is 11.8 Å². The fraction of sp³-hybridized carbons (Fsp3) is 0.438. The van der Waals surface area contributed by atoms with Crippen molar-refractivity contribution in [3.63, 3.8) is 0 Å². The van der Waals surface area contributed by atoms with Crippen LogP contribution in [0.1, 0.15) is 32.2 Å². The van der Waals surface area contributed by atoms with E-state index in [1.807, 2.05) is 0 Å². The summed E-state index contributed by atoms with van der Waals surface area (Å²) in [6.45, 7) is 7.07. The van der Waals surface area contributed by atoms with Gasteiger partial charge in [-0.2, -0.15) is 4.98 Å². The van der Waals surface area contributed by atoms with E-state index in [2.05, 4.69) is 65.5 Å². The Morgan fingerprint density at radius 2 is 2.00 bits per heavy atom. The number of rotatable bonds is 6. The molecule has 2 rings (SSSR count). The summed E-state index contributed by atoms with van der Waals surface area (Å²) < 4.78 is 0. The molecule has 1 heterocycles. The van der Waals surface area contributed by atoms with Crippen molar-refractivity contribution < 1.29 is 4.79 Å². The zero-order valence-corrected chi connectivity index (χ0v) is 14.5. The number of carbonyl (C=O) groups is 1. The van der Waals surface area contributed by atoms with Crippen molar-refractivity contribution in [1.29, 1.82) is 0 Å². The van der Waals surface area contributed by atoms with Gasteiger partial charge in [0.25, 0.3) is 0 Å². The van der Waals surface area contributed by atoms with Crippen LogP contribution in [0, 0.1) is 0 Å². The van der Waals surface area contributed by atoms with Crippen molar-refractivity contribution >= 4 is 23.6 Å². The Morgan fingerprint density at radius 3 is 2.57 bits per heavy atom. The van der Waals surface area contributed by atoms with Crippen molar-refractivity contribution in [2.75, 3.05) is 18.0 Å². The van der Waals surface area contributed by atoms with Gasteiger partial charge in [0.15, 0.2) is 0 Å². The SMILES string of the molecule is CC(C)(C)c1ccc(SCC(=O)NCCc2nc(N)n[nH]2)cc1. The van der Waals surface area contributed by atoms with Crippen LogP contribution in [0.2, 0.25) is 0 Å². The number of nitrogens with two attached hydrogens (primary N) is 1. The number of aromatic nitrogens is 3. The quantitative estimate of drug-likeness (QED) is 0.704. The zero-order valence-electron chi connectivity index (χ0n) is 13.7. The minimum atomic E-state index is 0.00221. The van der Waals surface area contributed by atoms with E-state index in [0.29, 0.717) is 24.5 Å². The number of thioether (sulfide) groups is 1. The van der Waals surface area contributed by atoms with Crippen molar-refractivity contribution in [3.8, 4) is 0 Å². The fourth-order valence-electron chi connectivity index (χ4n) is 1.99. The molecule has 23 heavy (non-hydrogen) atoms. The minimum Gasteiger partial charge on any atom is -0.367 e. The predicted octanol–water partition coefficient (Wildman–Crippen LogP) is 2.14. The van der Waals surface area contributed by atoms with Crippen LogP contribution in [0.25, 0.3) is 0 Å². The molecule has 0 spiro atoms. The van der Waals surface area contributed by atoms with Gasteiger partial charge in [-0.3, -0.25) is 9.89 Å². The minimum absolute atomic E-state index is 0.00221. The Bertz CT molecular complexity index is 645. The summed E-state index contributed by atoms with van der Waals surface area (Å²) in [5.41, 5.74) is 6.85. The van der Waals surface area contributed by atoms with Gasteiger partial charge in [-0.25, -0.2) is 0 Å². The standard InChI is InChI=1S/C16H23N5OS/c1-16(2,3)11-4-6-12(7-5-11)23-10-14(22)18-9-8-13-19-15(17)21-20-13/h4-7H,8-10H2,1-3H3,(H,18,22)(H3,17,19,20,21). The number of anilines is 1. The van der Waals surface area contributed by atoms with Crippen molar-refractivity contribution in [3.05, 3.63) is 35.7 Å². The van der Waals surface area contributed by atoms with E-state index in [-0.39, 0.29) is 17.3 Å². The Kier molecular flexibility index (Phi) is 5.65. The van der Waals surface area contributed by atoms with Crippen molar-refractivity contribution in [2.24, 2.45) is 0 Å². The van der Waals surface area contributed by atoms with Crippen LogP contribution in [0.5, 0.6) is 0 Å². The maximum Gasteiger partial charge on any atom is 0.239 e. The van der Waals surface area contributed by atoms with Crippen LogP contribution in [0.15, 0.2) is 29.2 Å². The maximum atomic E-state index is 11.8. The lowest BCUT2D eigenvalue weighted by Gasteiger charge is -2.19. The monoisotopic (exact) mass is 333 g/mol. The average molecular weight is 333 g/mol. The largest absolute Gasteiger partial charge is 0.367 e. The number of nitrogens with one attached hydrogen (secondary N) is 2. The Morgan fingerprint density at radius 1 is 1.30 bits per heavy atom. The van der Waals surface area contributed by atoms with Gasteiger partial charge < -0.3 is 11.1 Å². The topological polar surface area (TPSA) is 96.7 Å². The third-order valence-corrected chi connectivity index (χ3v) is 4.34. The second-order valence-corrected chi connectivity index (χ2v) is 7.35. The molecule has 0 aliphatic heterocycles. The van der Waals surface area contributed by atoms with Crippen LogP contribution in [0.4, 0.5) is 5.95 Å². The molecule has 1 amide bonds. The van der Waals surface area contributed by atoms with Crippen molar-refractivity contribution in [2.45, 2.75) is 37.5 Å². The molecule has 0 radical (unpaired) electrons. The molecule has 2 aromatic rings. The van der Waals surface area contributed by atoms with E-state index in [1.54, 1.807) is 0 Å². The Hall–Kier alpha value is -2.02. The zero-order chi connectivity index (χ0) is 16.9. The smallest absolute Gasteiger partial charge is 0.239 e. The van der Waals surface area contributed by atoms with Crippen molar-refractivity contribution in [1.82, 2.24) is 20.5 Å². The maximum absolute atomic E-state index is 11.8. The molecule has 1 aromatic heterocycles. The van der Waals surface area contributed by atoms with E-state index >= 15 is 0 Å². The first-order chi connectivity index (χ1) is 10.8. The van der Waals surface area contributed by atoms with E-state index in [1.165, 1.54) is 17.3 Å².